The zero-order valence-electron chi connectivity index (χ0n) is 19.1. The van der Waals surface area contributed by atoms with Crippen molar-refractivity contribution in [2.75, 3.05) is 0 Å². The second-order valence-corrected chi connectivity index (χ2v) is 8.62. The van der Waals surface area contributed by atoms with Gasteiger partial charge in [0.1, 0.15) is 22.9 Å². The second-order valence-electron chi connectivity index (χ2n) is 8.62. The van der Waals surface area contributed by atoms with E-state index in [2.05, 4.69) is 0 Å². The van der Waals surface area contributed by atoms with Crippen LogP contribution >= 0.6 is 0 Å². The molecule has 0 bridgehead atoms. The highest BCUT2D eigenvalue weighted by atomic mass is 19.1. The Labute approximate surface area is 206 Å². The molecule has 1 aliphatic heterocycles. The van der Waals surface area contributed by atoms with Crippen LogP contribution in [0.15, 0.2) is 112 Å². The normalized spacial score (nSPS) is 14.8. The van der Waals surface area contributed by atoms with Crippen molar-refractivity contribution < 1.29 is 18.3 Å². The lowest BCUT2D eigenvalue weighted by Crippen LogP contribution is -2.29. The summed E-state index contributed by atoms with van der Waals surface area (Å²) in [4.78, 5) is 28.9. The van der Waals surface area contributed by atoms with Crippen LogP contribution in [0.1, 0.15) is 33.3 Å². The van der Waals surface area contributed by atoms with Crippen LogP contribution in [0.4, 0.5) is 4.39 Å². The van der Waals surface area contributed by atoms with Gasteiger partial charge in [0, 0.05) is 6.54 Å². The lowest BCUT2D eigenvalue weighted by molar-refractivity contribution is 0.0714. The molecule has 176 valence electrons. The fourth-order valence-corrected chi connectivity index (χ4v) is 4.66. The molecule has 0 radical (unpaired) electrons. The van der Waals surface area contributed by atoms with E-state index in [9.17, 15) is 14.0 Å². The molecular formula is C30H20FNO4. The number of fused-ring (bicyclic) bond motifs is 2. The minimum absolute atomic E-state index is 0.0191. The van der Waals surface area contributed by atoms with Crippen molar-refractivity contribution >= 4 is 16.9 Å². The summed E-state index contributed by atoms with van der Waals surface area (Å²) in [5.74, 6) is 0.274. The van der Waals surface area contributed by atoms with Gasteiger partial charge in [0.15, 0.2) is 5.43 Å². The quantitative estimate of drug-likeness (QED) is 0.291. The Morgan fingerprint density at radius 2 is 1.53 bits per heavy atom. The Kier molecular flexibility index (Phi) is 5.34. The van der Waals surface area contributed by atoms with Crippen LogP contribution < -0.4 is 10.2 Å². The molecule has 0 saturated carbocycles. The van der Waals surface area contributed by atoms with E-state index in [0.29, 0.717) is 17.1 Å². The van der Waals surface area contributed by atoms with Crippen LogP contribution in [0.5, 0.6) is 11.5 Å². The number of carbonyl (C=O) groups is 1. The van der Waals surface area contributed by atoms with E-state index >= 15 is 0 Å². The fourth-order valence-electron chi connectivity index (χ4n) is 4.66. The standard InChI is InChI=1S/C30H20FNO4/c31-21-14-15-25-24(17-21)28(33)26-27(20-10-7-13-23(16-20)35-22-11-5-2-6-12-22)32(30(34)29(26)36-25)18-19-8-3-1-4-9-19/h1-17,27H,18H2/t27-/m0/s1. The average Bonchev–Trinajstić information content (AvgIpc) is 3.17. The number of amides is 1. The summed E-state index contributed by atoms with van der Waals surface area (Å²) < 4.78 is 25.9. The summed E-state index contributed by atoms with van der Waals surface area (Å²) in [6, 6.07) is 29.2. The van der Waals surface area contributed by atoms with Crippen LogP contribution in [0.2, 0.25) is 0 Å². The summed E-state index contributed by atoms with van der Waals surface area (Å²) >= 11 is 0. The molecule has 6 rings (SSSR count). The second kappa shape index (κ2) is 8.82. The number of ether oxygens (including phenoxy) is 1. The minimum Gasteiger partial charge on any atom is -0.457 e. The molecule has 0 N–H and O–H groups in total. The van der Waals surface area contributed by atoms with Gasteiger partial charge in [-0.05, 0) is 53.6 Å². The Balaban J connectivity index is 1.51. The molecule has 0 fully saturated rings. The number of para-hydroxylation sites is 1. The van der Waals surface area contributed by atoms with Gasteiger partial charge in [0.2, 0.25) is 5.76 Å². The Bertz CT molecular complexity index is 1650. The van der Waals surface area contributed by atoms with Crippen molar-refractivity contribution in [2.45, 2.75) is 12.6 Å². The molecule has 4 aromatic carbocycles. The molecule has 0 unspecified atom stereocenters. The van der Waals surface area contributed by atoms with Gasteiger partial charge in [-0.2, -0.15) is 0 Å². The van der Waals surface area contributed by atoms with Crippen LogP contribution in [0.3, 0.4) is 0 Å². The van der Waals surface area contributed by atoms with Crippen molar-refractivity contribution in [2.24, 2.45) is 0 Å². The summed E-state index contributed by atoms with van der Waals surface area (Å²) in [5, 5.41) is 0.102. The van der Waals surface area contributed by atoms with Crippen LogP contribution in [0.25, 0.3) is 11.0 Å². The van der Waals surface area contributed by atoms with Crippen molar-refractivity contribution in [3.05, 3.63) is 142 Å². The molecule has 0 aliphatic carbocycles. The van der Waals surface area contributed by atoms with Gasteiger partial charge in [0.05, 0.1) is 17.0 Å². The van der Waals surface area contributed by atoms with E-state index in [-0.39, 0.29) is 28.8 Å². The van der Waals surface area contributed by atoms with Crippen molar-refractivity contribution in [3.63, 3.8) is 0 Å². The zero-order chi connectivity index (χ0) is 24.6. The fraction of sp³-hybridized carbons (Fsp3) is 0.0667. The lowest BCUT2D eigenvalue weighted by Gasteiger charge is -2.25. The van der Waals surface area contributed by atoms with E-state index in [1.165, 1.54) is 12.1 Å². The zero-order valence-corrected chi connectivity index (χ0v) is 19.1. The van der Waals surface area contributed by atoms with Gasteiger partial charge in [-0.1, -0.05) is 60.7 Å². The third kappa shape index (κ3) is 3.82. The van der Waals surface area contributed by atoms with Gasteiger partial charge in [-0.3, -0.25) is 9.59 Å². The highest BCUT2D eigenvalue weighted by molar-refractivity contribution is 5.99. The predicted octanol–water partition coefficient (Wildman–Crippen LogP) is 6.47. The number of nitrogens with zero attached hydrogens (tertiary/aromatic N) is 1. The number of benzene rings is 4. The molecule has 0 saturated heterocycles. The monoisotopic (exact) mass is 477 g/mol. The van der Waals surface area contributed by atoms with Crippen LogP contribution in [0, 0.1) is 5.82 Å². The maximum Gasteiger partial charge on any atom is 0.291 e. The van der Waals surface area contributed by atoms with Gasteiger partial charge in [-0.25, -0.2) is 4.39 Å². The Morgan fingerprint density at radius 1 is 0.806 bits per heavy atom. The molecule has 2 heterocycles. The Morgan fingerprint density at radius 3 is 2.31 bits per heavy atom. The third-order valence-corrected chi connectivity index (χ3v) is 6.28. The first kappa shape index (κ1) is 21.8. The molecule has 36 heavy (non-hydrogen) atoms. The van der Waals surface area contributed by atoms with E-state index in [0.717, 1.165) is 11.6 Å². The van der Waals surface area contributed by atoms with E-state index in [4.69, 9.17) is 9.15 Å². The van der Waals surface area contributed by atoms with E-state index < -0.39 is 23.2 Å². The number of hydrogen-bond acceptors (Lipinski definition) is 4. The number of hydrogen-bond donors (Lipinski definition) is 0. The van der Waals surface area contributed by atoms with Crippen LogP contribution in [-0.4, -0.2) is 10.8 Å². The first-order valence-electron chi connectivity index (χ1n) is 11.5. The molecule has 1 aliphatic rings. The smallest absolute Gasteiger partial charge is 0.291 e. The lowest BCUT2D eigenvalue weighted by atomic mass is 9.98. The van der Waals surface area contributed by atoms with Crippen molar-refractivity contribution in [1.29, 1.82) is 0 Å². The highest BCUT2D eigenvalue weighted by Gasteiger charge is 2.42. The summed E-state index contributed by atoms with van der Waals surface area (Å²) in [6.45, 7) is 0.266. The molecule has 6 heteroatoms. The molecule has 1 aromatic heterocycles. The summed E-state index contributed by atoms with van der Waals surface area (Å²) in [7, 11) is 0. The van der Waals surface area contributed by atoms with Gasteiger partial charge in [-0.15, -0.1) is 0 Å². The van der Waals surface area contributed by atoms with Crippen molar-refractivity contribution in [3.8, 4) is 11.5 Å². The largest absolute Gasteiger partial charge is 0.457 e. The molecule has 0 spiro atoms. The molecule has 1 amide bonds. The van der Waals surface area contributed by atoms with Crippen molar-refractivity contribution in [1.82, 2.24) is 4.90 Å². The topological polar surface area (TPSA) is 59.8 Å². The maximum atomic E-state index is 14.0. The summed E-state index contributed by atoms with van der Waals surface area (Å²) in [5.41, 5.74) is 1.55. The minimum atomic E-state index is -0.726. The Hall–Kier alpha value is -4.71. The van der Waals surface area contributed by atoms with Gasteiger partial charge >= 0.3 is 0 Å². The number of carbonyl (C=O) groups excluding carboxylic acids is 1. The highest BCUT2D eigenvalue weighted by Crippen LogP contribution is 2.40. The number of rotatable bonds is 5. The molecular weight excluding hydrogens is 457 g/mol. The van der Waals surface area contributed by atoms with Gasteiger partial charge in [0.25, 0.3) is 5.91 Å². The summed E-state index contributed by atoms with van der Waals surface area (Å²) in [6.07, 6.45) is 0. The average molecular weight is 477 g/mol. The predicted molar refractivity (Wildman–Crippen MR) is 134 cm³/mol. The first-order chi connectivity index (χ1) is 17.6. The maximum absolute atomic E-state index is 14.0. The van der Waals surface area contributed by atoms with Crippen LogP contribution in [-0.2, 0) is 6.54 Å². The third-order valence-electron chi connectivity index (χ3n) is 6.28. The first-order valence-corrected chi connectivity index (χ1v) is 11.5. The van der Waals surface area contributed by atoms with E-state index in [1.54, 1.807) is 4.90 Å². The van der Waals surface area contributed by atoms with E-state index in [1.807, 2.05) is 84.9 Å². The molecule has 1 atom stereocenters. The molecule has 5 aromatic rings. The number of halogens is 1. The SMILES string of the molecule is O=C1c2oc3ccc(F)cc3c(=O)c2[C@H](c2cccc(Oc3ccccc3)c2)N1Cc1ccccc1. The van der Waals surface area contributed by atoms with Gasteiger partial charge < -0.3 is 14.1 Å². The molecule has 5 nitrogen and oxygen atoms in total.